The minimum Gasteiger partial charge on any atom is -0.497 e. The van der Waals surface area contributed by atoms with E-state index >= 15 is 0 Å². The highest BCUT2D eigenvalue weighted by molar-refractivity contribution is 7.14. The molecule has 0 aliphatic carbocycles. The number of aromatic nitrogens is 1. The van der Waals surface area contributed by atoms with Crippen molar-refractivity contribution in [2.24, 2.45) is 0 Å². The average Bonchev–Trinajstić information content (AvgIpc) is 2.94. The maximum absolute atomic E-state index is 5.42. The van der Waals surface area contributed by atoms with E-state index in [1.54, 1.807) is 32.7 Å². The van der Waals surface area contributed by atoms with Gasteiger partial charge in [-0.2, -0.15) is 0 Å². The van der Waals surface area contributed by atoms with Crippen LogP contribution in [-0.4, -0.2) is 39.0 Å². The molecule has 1 N–H and O–H groups in total. The van der Waals surface area contributed by atoms with Crippen molar-refractivity contribution in [3.8, 4) is 22.8 Å². The third-order valence-electron chi connectivity index (χ3n) is 2.98. The van der Waals surface area contributed by atoms with E-state index in [1.165, 1.54) is 0 Å². The van der Waals surface area contributed by atoms with Crippen LogP contribution in [0.15, 0.2) is 23.6 Å². The van der Waals surface area contributed by atoms with Gasteiger partial charge in [0, 0.05) is 30.2 Å². The maximum Gasteiger partial charge on any atom is 0.183 e. The molecule has 1 aromatic heterocycles. The molecule has 6 heteroatoms. The van der Waals surface area contributed by atoms with Crippen molar-refractivity contribution in [3.63, 3.8) is 0 Å². The molecule has 2 aromatic rings. The van der Waals surface area contributed by atoms with Crippen LogP contribution in [0.2, 0.25) is 0 Å². The predicted molar refractivity (Wildman–Crippen MR) is 85.6 cm³/mol. The van der Waals surface area contributed by atoms with Gasteiger partial charge in [-0.15, -0.1) is 11.3 Å². The number of hydrogen-bond acceptors (Lipinski definition) is 6. The second kappa shape index (κ2) is 7.28. The molecule has 1 atom stereocenters. The van der Waals surface area contributed by atoms with Crippen LogP contribution in [0, 0.1) is 0 Å². The topological polar surface area (TPSA) is 52.6 Å². The monoisotopic (exact) mass is 308 g/mol. The molecule has 0 saturated heterocycles. The number of hydrogen-bond donors (Lipinski definition) is 1. The molecule has 0 bridgehead atoms. The van der Waals surface area contributed by atoms with Gasteiger partial charge in [0.15, 0.2) is 5.13 Å². The number of anilines is 1. The number of rotatable bonds is 7. The van der Waals surface area contributed by atoms with Gasteiger partial charge < -0.3 is 19.5 Å². The Bertz CT molecular complexity index is 586. The lowest BCUT2D eigenvalue weighted by Crippen LogP contribution is -2.20. The van der Waals surface area contributed by atoms with Gasteiger partial charge in [0.25, 0.3) is 0 Å². The van der Waals surface area contributed by atoms with E-state index < -0.39 is 0 Å². The molecule has 2 rings (SSSR count). The summed E-state index contributed by atoms with van der Waals surface area (Å²) in [6.07, 6.45) is 0. The number of benzene rings is 1. The Hall–Kier alpha value is -1.79. The highest BCUT2D eigenvalue weighted by Crippen LogP contribution is 2.34. The van der Waals surface area contributed by atoms with Crippen LogP contribution >= 0.6 is 11.3 Å². The minimum atomic E-state index is 0.215. The molecule has 0 aliphatic heterocycles. The summed E-state index contributed by atoms with van der Waals surface area (Å²) in [4.78, 5) is 4.60. The summed E-state index contributed by atoms with van der Waals surface area (Å²) >= 11 is 1.56. The number of thiazole rings is 1. The first kappa shape index (κ1) is 15.6. The minimum absolute atomic E-state index is 0.215. The lowest BCUT2D eigenvalue weighted by Gasteiger charge is -2.11. The quantitative estimate of drug-likeness (QED) is 0.850. The molecule has 0 fully saturated rings. The van der Waals surface area contributed by atoms with Crippen molar-refractivity contribution in [2.45, 2.75) is 13.0 Å². The van der Waals surface area contributed by atoms with Gasteiger partial charge in [0.2, 0.25) is 0 Å². The summed E-state index contributed by atoms with van der Waals surface area (Å²) in [5.74, 6) is 1.51. The Morgan fingerprint density at radius 3 is 2.71 bits per heavy atom. The zero-order valence-electron chi connectivity index (χ0n) is 12.7. The predicted octanol–water partition coefficient (Wildman–Crippen LogP) is 3.27. The molecule has 1 heterocycles. The van der Waals surface area contributed by atoms with E-state index in [0.717, 1.165) is 27.9 Å². The first-order valence-corrected chi connectivity index (χ1v) is 7.49. The Labute approximate surface area is 128 Å². The number of nitrogens with one attached hydrogen (secondary N) is 1. The Morgan fingerprint density at radius 1 is 1.24 bits per heavy atom. The molecule has 21 heavy (non-hydrogen) atoms. The zero-order chi connectivity index (χ0) is 15.2. The van der Waals surface area contributed by atoms with Gasteiger partial charge in [-0.3, -0.25) is 0 Å². The molecule has 0 spiro atoms. The van der Waals surface area contributed by atoms with Crippen LogP contribution in [0.3, 0.4) is 0 Å². The standard InChI is InChI=1S/C15H20N2O3S/c1-10(8-18-2)16-15-17-13(9-21-15)12-6-5-11(19-3)7-14(12)20-4/h5-7,9-10H,8H2,1-4H3,(H,16,17). The molecular weight excluding hydrogens is 288 g/mol. The van der Waals surface area contributed by atoms with Crippen LogP contribution in [0.4, 0.5) is 5.13 Å². The first-order chi connectivity index (χ1) is 10.2. The Morgan fingerprint density at radius 2 is 2.05 bits per heavy atom. The van der Waals surface area contributed by atoms with Crippen molar-refractivity contribution in [3.05, 3.63) is 23.6 Å². The zero-order valence-corrected chi connectivity index (χ0v) is 13.5. The van der Waals surface area contributed by atoms with E-state index in [0.29, 0.717) is 6.61 Å². The van der Waals surface area contributed by atoms with Crippen LogP contribution in [0.5, 0.6) is 11.5 Å². The molecule has 0 radical (unpaired) electrons. The summed E-state index contributed by atoms with van der Waals surface area (Å²) in [6.45, 7) is 2.69. The van der Waals surface area contributed by atoms with Crippen LogP contribution in [-0.2, 0) is 4.74 Å². The Kier molecular flexibility index (Phi) is 5.41. The lowest BCUT2D eigenvalue weighted by atomic mass is 10.1. The molecule has 5 nitrogen and oxygen atoms in total. The van der Waals surface area contributed by atoms with E-state index in [1.807, 2.05) is 23.6 Å². The molecule has 1 aromatic carbocycles. The molecule has 0 saturated carbocycles. The van der Waals surface area contributed by atoms with Crippen LogP contribution in [0.25, 0.3) is 11.3 Å². The summed E-state index contributed by atoms with van der Waals surface area (Å²) in [6, 6.07) is 5.93. The van der Waals surface area contributed by atoms with Gasteiger partial charge in [0.1, 0.15) is 11.5 Å². The fraction of sp³-hybridized carbons (Fsp3) is 0.400. The molecule has 1 unspecified atom stereocenters. The fourth-order valence-corrected chi connectivity index (χ4v) is 2.80. The SMILES string of the molecule is COCC(C)Nc1nc(-c2ccc(OC)cc2OC)cs1. The van der Waals surface area contributed by atoms with E-state index in [4.69, 9.17) is 14.2 Å². The van der Waals surface area contributed by atoms with Crippen molar-refractivity contribution < 1.29 is 14.2 Å². The van der Waals surface area contributed by atoms with Crippen LogP contribution < -0.4 is 14.8 Å². The van der Waals surface area contributed by atoms with Gasteiger partial charge in [-0.1, -0.05) is 0 Å². The van der Waals surface area contributed by atoms with Gasteiger partial charge in [-0.25, -0.2) is 4.98 Å². The molecule has 0 aliphatic rings. The van der Waals surface area contributed by atoms with Crippen LogP contribution in [0.1, 0.15) is 6.92 Å². The Balaban J connectivity index is 2.21. The smallest absolute Gasteiger partial charge is 0.183 e. The summed E-state index contributed by atoms with van der Waals surface area (Å²) in [7, 11) is 4.97. The van der Waals surface area contributed by atoms with Crippen molar-refractivity contribution in [2.75, 3.05) is 33.3 Å². The highest BCUT2D eigenvalue weighted by atomic mass is 32.1. The summed E-state index contributed by atoms with van der Waals surface area (Å²) in [5, 5.41) is 6.18. The second-order valence-corrected chi connectivity index (χ2v) is 5.46. The molecular formula is C15H20N2O3S. The third-order valence-corrected chi connectivity index (χ3v) is 3.75. The van der Waals surface area contributed by atoms with Gasteiger partial charge >= 0.3 is 0 Å². The normalized spacial score (nSPS) is 12.0. The lowest BCUT2D eigenvalue weighted by molar-refractivity contribution is 0.190. The molecule has 114 valence electrons. The maximum atomic E-state index is 5.42. The number of methoxy groups -OCH3 is 3. The fourth-order valence-electron chi connectivity index (χ4n) is 1.98. The number of ether oxygens (including phenoxy) is 3. The average molecular weight is 308 g/mol. The van der Waals surface area contributed by atoms with E-state index in [2.05, 4.69) is 17.2 Å². The highest BCUT2D eigenvalue weighted by Gasteiger charge is 2.12. The van der Waals surface area contributed by atoms with Gasteiger partial charge in [0.05, 0.1) is 26.5 Å². The summed E-state index contributed by atoms with van der Waals surface area (Å²) in [5.41, 5.74) is 1.83. The van der Waals surface area contributed by atoms with Crippen molar-refractivity contribution in [1.29, 1.82) is 0 Å². The van der Waals surface area contributed by atoms with Crippen molar-refractivity contribution >= 4 is 16.5 Å². The first-order valence-electron chi connectivity index (χ1n) is 6.61. The number of nitrogens with zero attached hydrogens (tertiary/aromatic N) is 1. The van der Waals surface area contributed by atoms with E-state index in [9.17, 15) is 0 Å². The molecule has 0 amide bonds. The second-order valence-electron chi connectivity index (χ2n) is 4.60. The van der Waals surface area contributed by atoms with Crippen molar-refractivity contribution in [1.82, 2.24) is 4.98 Å². The largest absolute Gasteiger partial charge is 0.497 e. The summed E-state index contributed by atoms with van der Waals surface area (Å²) < 4.78 is 15.7. The van der Waals surface area contributed by atoms with E-state index in [-0.39, 0.29) is 6.04 Å². The third kappa shape index (κ3) is 3.86. The van der Waals surface area contributed by atoms with Gasteiger partial charge in [-0.05, 0) is 19.1 Å².